The second kappa shape index (κ2) is 14.2. The van der Waals surface area contributed by atoms with Gasteiger partial charge in [0.05, 0.1) is 13.0 Å². The van der Waals surface area contributed by atoms with Crippen LogP contribution in [-0.2, 0) is 17.8 Å². The molecule has 0 spiro atoms. The molecule has 2 aliphatic rings. The molecule has 0 aromatic heterocycles. The van der Waals surface area contributed by atoms with Crippen molar-refractivity contribution < 1.29 is 13.5 Å². The van der Waals surface area contributed by atoms with Gasteiger partial charge in [0.25, 0.3) is 0 Å². The highest BCUT2D eigenvalue weighted by Crippen LogP contribution is 2.39. The second-order valence-electron chi connectivity index (χ2n) is 11.8. The van der Waals surface area contributed by atoms with E-state index >= 15 is 0 Å². The molecule has 2 fully saturated rings. The summed E-state index contributed by atoms with van der Waals surface area (Å²) in [7, 11) is 0. The number of halogens is 2. The van der Waals surface area contributed by atoms with Gasteiger partial charge < -0.3 is 4.74 Å². The van der Waals surface area contributed by atoms with Gasteiger partial charge in [-0.2, -0.15) is 8.78 Å². The average Bonchev–Trinajstić information content (AvgIpc) is 2.95. The van der Waals surface area contributed by atoms with Gasteiger partial charge in [0.1, 0.15) is 0 Å². The van der Waals surface area contributed by atoms with Gasteiger partial charge in [-0.1, -0.05) is 60.7 Å². The van der Waals surface area contributed by atoms with E-state index in [0.717, 1.165) is 30.2 Å². The summed E-state index contributed by atoms with van der Waals surface area (Å²) in [5, 5.41) is 0. The smallest absolute Gasteiger partial charge is 0.315 e. The molecule has 3 heteroatoms. The largest absolute Gasteiger partial charge is 0.360 e. The number of allylic oxidation sites excluding steroid dienone is 2. The van der Waals surface area contributed by atoms with Gasteiger partial charge in [0, 0.05) is 0 Å². The lowest BCUT2D eigenvalue weighted by atomic mass is 9.77. The molecule has 4 rings (SSSR count). The Morgan fingerprint density at radius 1 is 0.658 bits per heavy atom. The van der Waals surface area contributed by atoms with Gasteiger partial charge in [-0.25, -0.2) is 0 Å². The van der Waals surface area contributed by atoms with Gasteiger partial charge in [0.2, 0.25) is 0 Å². The molecular weight excluding hydrogens is 474 g/mol. The number of rotatable bonds is 13. The van der Waals surface area contributed by atoms with E-state index in [1.54, 1.807) is 0 Å². The van der Waals surface area contributed by atoms with E-state index in [1.807, 2.05) is 48.6 Å². The molecule has 2 aromatic rings. The summed E-state index contributed by atoms with van der Waals surface area (Å²) in [5.74, 6) is 2.77. The second-order valence-corrected chi connectivity index (χ2v) is 11.8. The summed E-state index contributed by atoms with van der Waals surface area (Å²) < 4.78 is 34.4. The predicted molar refractivity (Wildman–Crippen MR) is 155 cm³/mol. The summed E-state index contributed by atoms with van der Waals surface area (Å²) in [6.45, 7) is 7.59. The van der Waals surface area contributed by atoms with E-state index < -0.39 is 12.5 Å². The van der Waals surface area contributed by atoms with Gasteiger partial charge in [-0.15, -0.1) is 13.2 Å². The summed E-state index contributed by atoms with van der Waals surface area (Å²) in [4.78, 5) is 0. The molecule has 2 aliphatic carbocycles. The monoisotopic (exact) mass is 520 g/mol. The highest BCUT2D eigenvalue weighted by atomic mass is 19.3. The fourth-order valence-electron chi connectivity index (χ4n) is 6.55. The Hall–Kier alpha value is -2.26. The van der Waals surface area contributed by atoms with Crippen LogP contribution in [0.4, 0.5) is 8.78 Å². The molecule has 0 saturated heterocycles. The zero-order valence-electron chi connectivity index (χ0n) is 23.1. The first-order chi connectivity index (χ1) is 18.5. The number of benzene rings is 2. The summed E-state index contributed by atoms with van der Waals surface area (Å²) in [5.41, 5.74) is 4.03. The van der Waals surface area contributed by atoms with Crippen LogP contribution in [0.3, 0.4) is 0 Å². The molecule has 0 heterocycles. The zero-order chi connectivity index (χ0) is 26.8. The molecular formula is C35H46F2O. The van der Waals surface area contributed by atoms with Gasteiger partial charge in [-0.3, -0.25) is 0 Å². The molecule has 2 aromatic carbocycles. The average molecular weight is 521 g/mol. The zero-order valence-corrected chi connectivity index (χ0v) is 23.1. The quantitative estimate of drug-likeness (QED) is 0.239. The van der Waals surface area contributed by atoms with Crippen LogP contribution in [-0.4, -0.2) is 6.11 Å². The molecule has 0 aliphatic heterocycles. The van der Waals surface area contributed by atoms with Gasteiger partial charge >= 0.3 is 6.11 Å². The molecule has 0 bridgehead atoms. The molecule has 0 N–H and O–H groups in total. The minimum Gasteiger partial charge on any atom is -0.315 e. The van der Waals surface area contributed by atoms with Crippen molar-refractivity contribution in [3.63, 3.8) is 0 Å². The Labute approximate surface area is 229 Å². The van der Waals surface area contributed by atoms with E-state index in [0.29, 0.717) is 17.4 Å². The van der Waals surface area contributed by atoms with Crippen molar-refractivity contribution in [3.05, 3.63) is 96.1 Å². The number of hydrogen-bond donors (Lipinski definition) is 0. The van der Waals surface area contributed by atoms with E-state index in [9.17, 15) is 8.78 Å². The fraction of sp³-hybridized carbons (Fsp3) is 0.543. The lowest BCUT2D eigenvalue weighted by Gasteiger charge is -2.29. The molecule has 0 radical (unpaired) electrons. The third-order valence-electron chi connectivity index (χ3n) is 9.01. The van der Waals surface area contributed by atoms with Crippen molar-refractivity contribution in [2.24, 2.45) is 11.8 Å². The summed E-state index contributed by atoms with van der Waals surface area (Å²) in [6, 6.07) is 15.9. The SMILES string of the molecule is C=CCCC1CCC(c2ccc(COC(F)(F)Cc3ccc(C4CCC(CCC=C)CC4)cc3)cc2)CC1. The lowest BCUT2D eigenvalue weighted by Crippen LogP contribution is -2.23. The number of hydrogen-bond acceptors (Lipinski definition) is 1. The number of alkyl halides is 2. The first-order valence-electron chi connectivity index (χ1n) is 14.9. The van der Waals surface area contributed by atoms with Crippen LogP contribution in [0.5, 0.6) is 0 Å². The van der Waals surface area contributed by atoms with Crippen LogP contribution in [0.1, 0.15) is 111 Å². The van der Waals surface area contributed by atoms with Crippen molar-refractivity contribution in [1.82, 2.24) is 0 Å². The maximum Gasteiger partial charge on any atom is 0.360 e. The molecule has 2 saturated carbocycles. The van der Waals surface area contributed by atoms with Crippen molar-refractivity contribution >= 4 is 0 Å². The van der Waals surface area contributed by atoms with Crippen LogP contribution < -0.4 is 0 Å². The van der Waals surface area contributed by atoms with Gasteiger partial charge in [0.15, 0.2) is 0 Å². The molecule has 0 amide bonds. The summed E-state index contributed by atoms with van der Waals surface area (Å²) >= 11 is 0. The maximum absolute atomic E-state index is 14.7. The fourth-order valence-corrected chi connectivity index (χ4v) is 6.55. The Balaban J connectivity index is 1.21. The van der Waals surface area contributed by atoms with Crippen molar-refractivity contribution in [3.8, 4) is 0 Å². The minimum atomic E-state index is -3.19. The third-order valence-corrected chi connectivity index (χ3v) is 9.01. The highest BCUT2D eigenvalue weighted by molar-refractivity contribution is 5.27. The molecule has 206 valence electrons. The van der Waals surface area contributed by atoms with Crippen molar-refractivity contribution in [2.75, 3.05) is 0 Å². The van der Waals surface area contributed by atoms with Crippen LogP contribution >= 0.6 is 0 Å². The minimum absolute atomic E-state index is 0.0747. The lowest BCUT2D eigenvalue weighted by molar-refractivity contribution is -0.244. The van der Waals surface area contributed by atoms with Gasteiger partial charge in [-0.05, 0) is 123 Å². The topological polar surface area (TPSA) is 9.23 Å². The highest BCUT2D eigenvalue weighted by Gasteiger charge is 2.31. The Morgan fingerprint density at radius 3 is 1.50 bits per heavy atom. The maximum atomic E-state index is 14.7. The van der Waals surface area contributed by atoms with E-state index in [4.69, 9.17) is 4.74 Å². The Kier molecular flexibility index (Phi) is 10.8. The van der Waals surface area contributed by atoms with Crippen molar-refractivity contribution in [2.45, 2.75) is 108 Å². The van der Waals surface area contributed by atoms with E-state index in [1.165, 1.54) is 75.3 Å². The van der Waals surface area contributed by atoms with Crippen LogP contribution in [0.25, 0.3) is 0 Å². The summed E-state index contributed by atoms with van der Waals surface area (Å²) in [6.07, 6.45) is 15.0. The van der Waals surface area contributed by atoms with Crippen LogP contribution in [0.2, 0.25) is 0 Å². The molecule has 1 nitrogen and oxygen atoms in total. The standard InChI is InChI=1S/C35H46F2O/c1-3-5-7-27-9-17-31(18-10-27)33-21-13-29(14-22-33)25-35(36,37)38-26-30-15-23-34(24-16-30)32-19-11-28(12-20-32)8-6-4-2/h3-4,13-16,21-24,27-28,31-32H,1-2,5-12,17-20,25-26H2. The first-order valence-corrected chi connectivity index (χ1v) is 14.9. The first kappa shape index (κ1) is 28.7. The Morgan fingerprint density at radius 2 is 1.08 bits per heavy atom. The normalized spacial score (nSPS) is 24.2. The van der Waals surface area contributed by atoms with E-state index in [-0.39, 0.29) is 6.61 Å². The Bertz CT molecular complexity index is 978. The number of ether oxygens (including phenoxy) is 1. The van der Waals surface area contributed by atoms with E-state index in [2.05, 4.69) is 25.3 Å². The molecule has 38 heavy (non-hydrogen) atoms. The van der Waals surface area contributed by atoms with Crippen LogP contribution in [0.15, 0.2) is 73.8 Å². The molecule has 0 unspecified atom stereocenters. The van der Waals surface area contributed by atoms with Crippen LogP contribution in [0, 0.1) is 11.8 Å². The molecule has 0 atom stereocenters. The van der Waals surface area contributed by atoms with Crippen molar-refractivity contribution in [1.29, 1.82) is 0 Å². The predicted octanol–water partition coefficient (Wildman–Crippen LogP) is 10.5. The third kappa shape index (κ3) is 8.63.